The molecule has 3 heteroatoms. The Bertz CT molecular complexity index is 561. The molecule has 0 fully saturated rings. The summed E-state index contributed by atoms with van der Waals surface area (Å²) in [6.45, 7) is 2.02. The lowest BCUT2D eigenvalue weighted by Crippen LogP contribution is -1.97. The van der Waals surface area contributed by atoms with E-state index in [1.165, 1.54) is 10.5 Å². The third-order valence-corrected chi connectivity index (χ3v) is 4.31. The quantitative estimate of drug-likeness (QED) is 0.509. The van der Waals surface area contributed by atoms with Crippen molar-refractivity contribution in [2.24, 2.45) is 0 Å². The van der Waals surface area contributed by atoms with Crippen LogP contribution in [0.1, 0.15) is 35.7 Å². The van der Waals surface area contributed by atoms with Crippen molar-refractivity contribution in [3.8, 4) is 0 Å². The SMILES string of the molecule is CCCC(=O)c1ccc(SCc2ccc(Cl)cc2)cc1. The first-order chi connectivity index (χ1) is 9.69. The largest absolute Gasteiger partial charge is 0.294 e. The van der Waals surface area contributed by atoms with E-state index in [4.69, 9.17) is 11.6 Å². The smallest absolute Gasteiger partial charge is 0.162 e. The van der Waals surface area contributed by atoms with Gasteiger partial charge in [-0.25, -0.2) is 0 Å². The van der Waals surface area contributed by atoms with Gasteiger partial charge in [0.15, 0.2) is 5.78 Å². The van der Waals surface area contributed by atoms with Crippen LogP contribution in [0.5, 0.6) is 0 Å². The van der Waals surface area contributed by atoms with E-state index >= 15 is 0 Å². The van der Waals surface area contributed by atoms with Crippen molar-refractivity contribution in [3.05, 3.63) is 64.7 Å². The number of halogens is 1. The Labute approximate surface area is 129 Å². The average molecular weight is 305 g/mol. The van der Waals surface area contributed by atoms with Crippen LogP contribution in [-0.4, -0.2) is 5.78 Å². The molecule has 0 aliphatic heterocycles. The van der Waals surface area contributed by atoms with Gasteiger partial charge in [-0.2, -0.15) is 0 Å². The molecule has 0 unspecified atom stereocenters. The van der Waals surface area contributed by atoms with Gasteiger partial charge in [-0.05, 0) is 36.2 Å². The van der Waals surface area contributed by atoms with Gasteiger partial charge in [-0.3, -0.25) is 4.79 Å². The van der Waals surface area contributed by atoms with Gasteiger partial charge >= 0.3 is 0 Å². The lowest BCUT2D eigenvalue weighted by atomic mass is 10.1. The van der Waals surface area contributed by atoms with Crippen LogP contribution in [0, 0.1) is 0 Å². The van der Waals surface area contributed by atoms with Crippen LogP contribution in [0.15, 0.2) is 53.4 Å². The molecule has 0 saturated heterocycles. The first kappa shape index (κ1) is 15.1. The number of rotatable bonds is 6. The third kappa shape index (κ3) is 4.39. The molecule has 0 aliphatic carbocycles. The Kier molecular flexibility index (Phi) is 5.69. The van der Waals surface area contributed by atoms with Crippen molar-refractivity contribution < 1.29 is 4.79 Å². The molecule has 0 bridgehead atoms. The first-order valence-electron chi connectivity index (χ1n) is 6.69. The van der Waals surface area contributed by atoms with Crippen LogP contribution < -0.4 is 0 Å². The minimum Gasteiger partial charge on any atom is -0.294 e. The fourth-order valence-corrected chi connectivity index (χ4v) is 2.84. The molecule has 104 valence electrons. The third-order valence-electron chi connectivity index (χ3n) is 2.97. The zero-order chi connectivity index (χ0) is 14.4. The number of hydrogen-bond acceptors (Lipinski definition) is 2. The number of ketones is 1. The molecule has 0 spiro atoms. The molecule has 0 N–H and O–H groups in total. The highest BCUT2D eigenvalue weighted by molar-refractivity contribution is 7.98. The van der Waals surface area contributed by atoms with Gasteiger partial charge in [0.2, 0.25) is 0 Å². The van der Waals surface area contributed by atoms with Crippen LogP contribution in [0.25, 0.3) is 0 Å². The summed E-state index contributed by atoms with van der Waals surface area (Å²) >= 11 is 7.62. The van der Waals surface area contributed by atoms with Crippen molar-refractivity contribution in [1.29, 1.82) is 0 Å². The number of hydrogen-bond donors (Lipinski definition) is 0. The molecule has 2 aromatic carbocycles. The summed E-state index contributed by atoms with van der Waals surface area (Å²) in [6.07, 6.45) is 1.52. The Hall–Kier alpha value is -1.25. The monoisotopic (exact) mass is 304 g/mol. The van der Waals surface area contributed by atoms with Gasteiger partial charge in [0.25, 0.3) is 0 Å². The van der Waals surface area contributed by atoms with E-state index in [-0.39, 0.29) is 5.78 Å². The summed E-state index contributed by atoms with van der Waals surface area (Å²) in [6, 6.07) is 15.8. The number of benzene rings is 2. The van der Waals surface area contributed by atoms with Crippen molar-refractivity contribution >= 4 is 29.1 Å². The van der Waals surface area contributed by atoms with Crippen molar-refractivity contribution in [1.82, 2.24) is 0 Å². The van der Waals surface area contributed by atoms with Gasteiger partial charge in [-0.1, -0.05) is 42.8 Å². The molecule has 0 atom stereocenters. The van der Waals surface area contributed by atoms with Crippen LogP contribution in [0.2, 0.25) is 5.02 Å². The molecule has 20 heavy (non-hydrogen) atoms. The van der Waals surface area contributed by atoms with Crippen molar-refractivity contribution in [3.63, 3.8) is 0 Å². The van der Waals surface area contributed by atoms with E-state index in [0.29, 0.717) is 6.42 Å². The molecule has 2 rings (SSSR count). The molecule has 0 saturated carbocycles. The summed E-state index contributed by atoms with van der Waals surface area (Å²) in [4.78, 5) is 12.9. The standard InChI is InChI=1S/C17H17ClOS/c1-2-3-17(19)14-6-10-16(11-7-14)20-12-13-4-8-15(18)9-5-13/h4-11H,2-3,12H2,1H3. The fourth-order valence-electron chi connectivity index (χ4n) is 1.86. The van der Waals surface area contributed by atoms with Gasteiger partial charge in [-0.15, -0.1) is 11.8 Å². The lowest BCUT2D eigenvalue weighted by Gasteiger charge is -2.04. The molecule has 2 aromatic rings. The lowest BCUT2D eigenvalue weighted by molar-refractivity contribution is 0.0981. The maximum atomic E-state index is 11.7. The normalized spacial score (nSPS) is 10.5. The van der Waals surface area contributed by atoms with E-state index in [1.807, 2.05) is 55.5 Å². The van der Waals surface area contributed by atoms with Gasteiger partial charge < -0.3 is 0 Å². The summed E-state index contributed by atoms with van der Waals surface area (Å²) in [5, 5.41) is 0.762. The Balaban J connectivity index is 1.93. The molecular weight excluding hydrogens is 288 g/mol. The number of Topliss-reactive ketones (excluding diaryl/α,β-unsaturated/α-hetero) is 1. The molecule has 0 aliphatic rings. The zero-order valence-electron chi connectivity index (χ0n) is 11.4. The summed E-state index contributed by atoms with van der Waals surface area (Å²) < 4.78 is 0. The molecule has 0 heterocycles. The summed E-state index contributed by atoms with van der Waals surface area (Å²) in [5.41, 5.74) is 2.05. The predicted molar refractivity (Wildman–Crippen MR) is 86.7 cm³/mol. The maximum Gasteiger partial charge on any atom is 0.162 e. The van der Waals surface area contributed by atoms with Crippen LogP contribution in [0.3, 0.4) is 0 Å². The maximum absolute atomic E-state index is 11.7. The zero-order valence-corrected chi connectivity index (χ0v) is 13.0. The second-order valence-corrected chi connectivity index (χ2v) is 6.10. The fraction of sp³-hybridized carbons (Fsp3) is 0.235. The van der Waals surface area contributed by atoms with E-state index in [9.17, 15) is 4.79 Å². The molecule has 0 amide bonds. The van der Waals surface area contributed by atoms with E-state index < -0.39 is 0 Å². The van der Waals surface area contributed by atoms with Gasteiger partial charge in [0, 0.05) is 27.7 Å². The van der Waals surface area contributed by atoms with Crippen LogP contribution in [0.4, 0.5) is 0 Å². The van der Waals surface area contributed by atoms with Gasteiger partial charge in [0.05, 0.1) is 0 Å². The van der Waals surface area contributed by atoms with Crippen LogP contribution in [-0.2, 0) is 5.75 Å². The topological polar surface area (TPSA) is 17.1 Å². The predicted octanol–water partition coefficient (Wildman–Crippen LogP) is 5.62. The highest BCUT2D eigenvalue weighted by atomic mass is 35.5. The molecule has 0 radical (unpaired) electrons. The minimum absolute atomic E-state index is 0.224. The minimum atomic E-state index is 0.224. The molecule has 1 nitrogen and oxygen atoms in total. The number of thioether (sulfide) groups is 1. The number of carbonyl (C=O) groups excluding carboxylic acids is 1. The van der Waals surface area contributed by atoms with Gasteiger partial charge in [0.1, 0.15) is 0 Å². The summed E-state index contributed by atoms with van der Waals surface area (Å²) in [5.74, 6) is 1.13. The van der Waals surface area contributed by atoms with E-state index in [0.717, 1.165) is 22.8 Å². The first-order valence-corrected chi connectivity index (χ1v) is 8.06. The Morgan fingerprint density at radius 2 is 1.70 bits per heavy atom. The van der Waals surface area contributed by atoms with Crippen molar-refractivity contribution in [2.75, 3.05) is 0 Å². The second-order valence-electron chi connectivity index (χ2n) is 4.61. The molecular formula is C17H17ClOS. The Morgan fingerprint density at radius 1 is 1.05 bits per heavy atom. The highest BCUT2D eigenvalue weighted by Crippen LogP contribution is 2.24. The molecule has 0 aromatic heterocycles. The van der Waals surface area contributed by atoms with Crippen LogP contribution >= 0.6 is 23.4 Å². The van der Waals surface area contributed by atoms with E-state index in [2.05, 4.69) is 0 Å². The van der Waals surface area contributed by atoms with E-state index in [1.54, 1.807) is 11.8 Å². The highest BCUT2D eigenvalue weighted by Gasteiger charge is 2.04. The summed E-state index contributed by atoms with van der Waals surface area (Å²) in [7, 11) is 0. The Morgan fingerprint density at radius 3 is 2.30 bits per heavy atom. The van der Waals surface area contributed by atoms with Crippen molar-refractivity contribution in [2.45, 2.75) is 30.4 Å². The number of carbonyl (C=O) groups is 1. The second kappa shape index (κ2) is 7.51. The average Bonchev–Trinajstić information content (AvgIpc) is 2.47.